The number of carboxylic acid groups (broad SMARTS) is 2. The minimum absolute atomic E-state index is 0.0482. The van der Waals surface area contributed by atoms with Crippen molar-refractivity contribution in [2.24, 2.45) is 0 Å². The average Bonchev–Trinajstić information content (AvgIpc) is 2.44. The smallest absolute Gasteiger partial charge is 0.335 e. The normalized spacial score (nSPS) is 11.4. The van der Waals surface area contributed by atoms with Gasteiger partial charge in [-0.2, -0.15) is 0 Å². The third-order valence-electron chi connectivity index (χ3n) is 3.83. The molecule has 0 heterocycles. The van der Waals surface area contributed by atoms with Crippen LogP contribution >= 0.6 is 46.4 Å². The van der Waals surface area contributed by atoms with Crippen LogP contribution in [0.15, 0.2) is 24.3 Å². The zero-order chi connectivity index (χ0) is 19.1. The highest BCUT2D eigenvalue weighted by Gasteiger charge is 2.33. The molecule has 2 N–H and O–H groups in total. The molecule has 0 aliphatic carbocycles. The number of benzene rings is 2. The summed E-state index contributed by atoms with van der Waals surface area (Å²) in [5.74, 6) is -2.31. The van der Waals surface area contributed by atoms with Crippen molar-refractivity contribution in [3.63, 3.8) is 0 Å². The van der Waals surface area contributed by atoms with E-state index < -0.39 is 17.4 Å². The molecule has 132 valence electrons. The zero-order valence-corrected chi connectivity index (χ0v) is 16.1. The van der Waals surface area contributed by atoms with Crippen LogP contribution in [0.25, 0.3) is 0 Å². The fourth-order valence-corrected chi connectivity index (χ4v) is 4.63. The highest BCUT2D eigenvalue weighted by Crippen LogP contribution is 2.46. The lowest BCUT2D eigenvalue weighted by atomic mass is 9.77. The van der Waals surface area contributed by atoms with E-state index in [1.165, 1.54) is 24.3 Å². The van der Waals surface area contributed by atoms with Gasteiger partial charge in [-0.05, 0) is 35.4 Å². The second-order valence-electron chi connectivity index (χ2n) is 5.87. The van der Waals surface area contributed by atoms with Crippen molar-refractivity contribution >= 4 is 58.3 Å². The van der Waals surface area contributed by atoms with Crippen LogP contribution in [0.3, 0.4) is 0 Å². The van der Waals surface area contributed by atoms with E-state index in [4.69, 9.17) is 56.6 Å². The average molecular weight is 422 g/mol. The molecular weight excluding hydrogens is 410 g/mol. The van der Waals surface area contributed by atoms with Crippen molar-refractivity contribution in [1.29, 1.82) is 0 Å². The van der Waals surface area contributed by atoms with E-state index in [1.807, 2.05) is 0 Å². The molecule has 2 aromatic carbocycles. The van der Waals surface area contributed by atoms with Gasteiger partial charge in [0.25, 0.3) is 0 Å². The van der Waals surface area contributed by atoms with Crippen molar-refractivity contribution in [2.45, 2.75) is 19.3 Å². The number of carbonyl (C=O) groups is 2. The van der Waals surface area contributed by atoms with E-state index in [-0.39, 0.29) is 31.2 Å². The van der Waals surface area contributed by atoms with Crippen molar-refractivity contribution in [3.05, 3.63) is 66.6 Å². The molecule has 2 rings (SSSR count). The van der Waals surface area contributed by atoms with Crippen LogP contribution in [0.2, 0.25) is 20.1 Å². The fourth-order valence-electron chi connectivity index (χ4n) is 2.71. The Morgan fingerprint density at radius 1 is 0.720 bits per heavy atom. The Morgan fingerprint density at radius 2 is 0.960 bits per heavy atom. The van der Waals surface area contributed by atoms with Gasteiger partial charge in [0.05, 0.1) is 11.1 Å². The third kappa shape index (κ3) is 3.72. The van der Waals surface area contributed by atoms with Crippen LogP contribution in [0.1, 0.15) is 45.7 Å². The molecule has 0 aliphatic heterocycles. The minimum Gasteiger partial charge on any atom is -0.478 e. The second kappa shape index (κ2) is 7.04. The molecule has 0 unspecified atom stereocenters. The van der Waals surface area contributed by atoms with Crippen molar-refractivity contribution in [2.75, 3.05) is 0 Å². The van der Waals surface area contributed by atoms with Crippen LogP contribution in [-0.2, 0) is 5.41 Å². The lowest BCUT2D eigenvalue weighted by Crippen LogP contribution is -2.22. The maximum Gasteiger partial charge on any atom is 0.335 e. The number of aromatic carboxylic acids is 2. The minimum atomic E-state index is -1.16. The largest absolute Gasteiger partial charge is 0.478 e. The quantitative estimate of drug-likeness (QED) is 0.632. The summed E-state index contributed by atoms with van der Waals surface area (Å²) in [6.07, 6.45) is 0. The molecule has 0 fully saturated rings. The molecule has 8 heteroatoms. The van der Waals surface area contributed by atoms with E-state index >= 15 is 0 Å². The Balaban J connectivity index is 2.72. The van der Waals surface area contributed by atoms with Gasteiger partial charge in [0.1, 0.15) is 0 Å². The maximum absolute atomic E-state index is 11.1. The third-order valence-corrected chi connectivity index (χ3v) is 5.02. The molecule has 0 spiro atoms. The zero-order valence-electron chi connectivity index (χ0n) is 13.0. The second-order valence-corrected chi connectivity index (χ2v) is 7.49. The number of rotatable bonds is 4. The van der Waals surface area contributed by atoms with Gasteiger partial charge < -0.3 is 10.2 Å². The van der Waals surface area contributed by atoms with Crippen molar-refractivity contribution < 1.29 is 19.8 Å². The van der Waals surface area contributed by atoms with Crippen LogP contribution in [0.5, 0.6) is 0 Å². The Labute approximate surface area is 163 Å². The summed E-state index contributed by atoms with van der Waals surface area (Å²) in [6, 6.07) is 5.17. The standard InChI is InChI=1S/C17H12Cl4O4/c1-17(2,13-9(18)3-7(15(22)23)4-10(13)19)14-11(20)5-8(16(24)25)6-12(14)21/h3-6H,1-2H3,(H,22,23)(H,24,25). The topological polar surface area (TPSA) is 74.6 Å². The Morgan fingerprint density at radius 3 is 1.16 bits per heavy atom. The molecular formula is C17H12Cl4O4. The summed E-state index contributed by atoms with van der Waals surface area (Å²) in [5, 5.41) is 18.8. The number of halogens is 4. The van der Waals surface area contributed by atoms with Crippen LogP contribution < -0.4 is 0 Å². The molecule has 0 aromatic heterocycles. The summed E-state index contributed by atoms with van der Waals surface area (Å²) in [6.45, 7) is 3.52. The first-order chi connectivity index (χ1) is 11.5. The summed E-state index contributed by atoms with van der Waals surface area (Å²) in [7, 11) is 0. The summed E-state index contributed by atoms with van der Waals surface area (Å²) in [4.78, 5) is 22.3. The first kappa shape index (κ1) is 19.9. The van der Waals surface area contributed by atoms with Gasteiger partial charge in [-0.25, -0.2) is 9.59 Å². The molecule has 25 heavy (non-hydrogen) atoms. The Kier molecular flexibility index (Phi) is 5.59. The highest BCUT2D eigenvalue weighted by molar-refractivity contribution is 6.38. The van der Waals surface area contributed by atoms with Crippen LogP contribution in [0.4, 0.5) is 0 Å². The lowest BCUT2D eigenvalue weighted by Gasteiger charge is -2.30. The molecule has 0 aliphatic rings. The van der Waals surface area contributed by atoms with Gasteiger partial charge in [-0.3, -0.25) is 0 Å². The first-order valence-corrected chi connectivity index (χ1v) is 8.43. The monoisotopic (exact) mass is 420 g/mol. The van der Waals surface area contributed by atoms with E-state index in [0.717, 1.165) is 0 Å². The van der Waals surface area contributed by atoms with E-state index in [1.54, 1.807) is 13.8 Å². The van der Waals surface area contributed by atoms with Gasteiger partial charge in [0.15, 0.2) is 0 Å². The SMILES string of the molecule is CC(C)(c1c(Cl)cc(C(=O)O)cc1Cl)c1c(Cl)cc(C(=O)O)cc1Cl. The molecule has 0 bridgehead atoms. The van der Waals surface area contributed by atoms with Crippen LogP contribution in [-0.4, -0.2) is 22.2 Å². The molecule has 2 aromatic rings. The molecule has 4 nitrogen and oxygen atoms in total. The maximum atomic E-state index is 11.1. The summed E-state index contributed by atoms with van der Waals surface area (Å²) >= 11 is 25.1. The predicted molar refractivity (Wildman–Crippen MR) is 99.0 cm³/mol. The van der Waals surface area contributed by atoms with E-state index in [2.05, 4.69) is 0 Å². The van der Waals surface area contributed by atoms with Crippen LogP contribution in [0, 0.1) is 0 Å². The van der Waals surface area contributed by atoms with Gasteiger partial charge in [0, 0.05) is 25.5 Å². The molecule has 0 atom stereocenters. The highest BCUT2D eigenvalue weighted by atomic mass is 35.5. The van der Waals surface area contributed by atoms with E-state index in [9.17, 15) is 9.59 Å². The number of hydrogen-bond acceptors (Lipinski definition) is 2. The molecule has 0 saturated heterocycles. The number of hydrogen-bond donors (Lipinski definition) is 2. The van der Waals surface area contributed by atoms with Gasteiger partial charge >= 0.3 is 11.9 Å². The van der Waals surface area contributed by atoms with Crippen molar-refractivity contribution in [1.82, 2.24) is 0 Å². The van der Waals surface area contributed by atoms with Gasteiger partial charge in [0.2, 0.25) is 0 Å². The lowest BCUT2D eigenvalue weighted by molar-refractivity contribution is 0.0686. The number of carboxylic acids is 2. The summed E-state index contributed by atoms with van der Waals surface area (Å²) < 4.78 is 0. The Hall–Kier alpha value is -1.46. The molecule has 0 amide bonds. The predicted octanol–water partition coefficient (Wildman–Crippen LogP) is 6.02. The fraction of sp³-hybridized carbons (Fsp3) is 0.176. The Bertz CT molecular complexity index is 773. The van der Waals surface area contributed by atoms with Crippen molar-refractivity contribution in [3.8, 4) is 0 Å². The molecule has 0 saturated carbocycles. The first-order valence-electron chi connectivity index (χ1n) is 6.92. The summed E-state index contributed by atoms with van der Waals surface area (Å²) in [5.41, 5.74) is -0.127. The van der Waals surface area contributed by atoms with Gasteiger partial charge in [-0.15, -0.1) is 0 Å². The van der Waals surface area contributed by atoms with Gasteiger partial charge in [-0.1, -0.05) is 60.3 Å². The molecule has 0 radical (unpaired) electrons. The van der Waals surface area contributed by atoms with E-state index in [0.29, 0.717) is 11.1 Å².